The number of sulfone groups is 1. The van der Waals surface area contributed by atoms with E-state index in [1.807, 2.05) is 47.4 Å². The molecule has 11 nitrogen and oxygen atoms in total. The van der Waals surface area contributed by atoms with Gasteiger partial charge in [0.25, 0.3) is 0 Å². The number of carbonyl (C=O) groups is 1. The van der Waals surface area contributed by atoms with Crippen molar-refractivity contribution in [3.05, 3.63) is 60.6 Å². The summed E-state index contributed by atoms with van der Waals surface area (Å²) in [6, 6.07) is 13.5. The van der Waals surface area contributed by atoms with E-state index in [1.165, 1.54) is 4.52 Å². The highest BCUT2D eigenvalue weighted by molar-refractivity contribution is 7.91. The number of nitrogens with two attached hydrogens (primary N) is 1. The van der Waals surface area contributed by atoms with E-state index < -0.39 is 9.84 Å². The number of hydrogen-bond acceptors (Lipinski definition) is 9. The molecule has 1 amide bonds. The third kappa shape index (κ3) is 4.63. The van der Waals surface area contributed by atoms with E-state index in [4.69, 9.17) is 15.5 Å². The molecule has 3 N–H and O–H groups in total. The van der Waals surface area contributed by atoms with Crippen LogP contribution in [0, 0.1) is 0 Å². The standard InChI is InChI=1S/C30H33N7O4S/c1-42(39,40)27-26(20-13-21-8-9-22(14-20)36(21)30(38)25-17-41-12-11-32-25)35-29-23(16-34-37(29)28(27)31)19-7-10-24(33-15-19)18-5-3-2-4-6-18/h2-7,10,15-16,20-22,25,32H,8-9,11-14,17,31H2,1H3/t20?,21-,22?,25-/m0/s1. The maximum absolute atomic E-state index is 13.4. The number of nitrogens with zero attached hydrogens (tertiary/aromatic N) is 5. The van der Waals surface area contributed by atoms with Crippen molar-refractivity contribution in [1.82, 2.24) is 29.8 Å². The highest BCUT2D eigenvalue weighted by atomic mass is 32.2. The monoisotopic (exact) mass is 587 g/mol. The average molecular weight is 588 g/mol. The van der Waals surface area contributed by atoms with Crippen molar-refractivity contribution in [2.45, 2.75) is 54.6 Å². The lowest BCUT2D eigenvalue weighted by atomic mass is 9.87. The minimum absolute atomic E-state index is 0.00995. The second-order valence-electron chi connectivity index (χ2n) is 11.5. The van der Waals surface area contributed by atoms with Gasteiger partial charge in [-0.1, -0.05) is 36.4 Å². The van der Waals surface area contributed by atoms with Crippen molar-refractivity contribution in [1.29, 1.82) is 0 Å². The normalized spacial score (nSPS) is 24.3. The molecule has 3 aliphatic rings. The number of nitrogen functional groups attached to an aromatic ring is 1. The molecule has 4 atom stereocenters. The smallest absolute Gasteiger partial charge is 0.242 e. The minimum Gasteiger partial charge on any atom is -0.382 e. The third-order valence-corrected chi connectivity index (χ3v) is 9.93. The van der Waals surface area contributed by atoms with Crippen LogP contribution >= 0.6 is 0 Å². The molecule has 7 rings (SSSR count). The molecule has 2 bridgehead atoms. The van der Waals surface area contributed by atoms with Crippen molar-refractivity contribution in [2.75, 3.05) is 31.7 Å². The molecular weight excluding hydrogens is 554 g/mol. The number of amides is 1. The number of anilines is 1. The Kier molecular flexibility index (Phi) is 6.71. The zero-order valence-electron chi connectivity index (χ0n) is 23.3. The number of pyridine rings is 1. The molecule has 42 heavy (non-hydrogen) atoms. The van der Waals surface area contributed by atoms with E-state index in [-0.39, 0.29) is 40.7 Å². The summed E-state index contributed by atoms with van der Waals surface area (Å²) in [6.07, 6.45) is 7.59. The number of morpholine rings is 1. The first-order valence-electron chi connectivity index (χ1n) is 14.3. The maximum Gasteiger partial charge on any atom is 0.242 e. The molecule has 2 unspecified atom stereocenters. The molecular formula is C30H33N7O4S. The Bertz CT molecular complexity index is 1740. The number of piperidine rings is 1. The number of carbonyl (C=O) groups excluding carboxylic acids is 1. The summed E-state index contributed by atoms with van der Waals surface area (Å²) in [7, 11) is -3.73. The van der Waals surface area contributed by atoms with Gasteiger partial charge in [0.1, 0.15) is 16.8 Å². The number of aromatic nitrogens is 4. The Hall–Kier alpha value is -3.87. The Balaban J connectivity index is 1.25. The van der Waals surface area contributed by atoms with Gasteiger partial charge in [0.15, 0.2) is 15.5 Å². The van der Waals surface area contributed by atoms with Crippen LogP contribution in [0.3, 0.4) is 0 Å². The third-order valence-electron chi connectivity index (χ3n) is 8.77. The van der Waals surface area contributed by atoms with Gasteiger partial charge < -0.3 is 20.7 Å². The highest BCUT2D eigenvalue weighted by Gasteiger charge is 2.47. The number of fused-ring (bicyclic) bond motifs is 3. The van der Waals surface area contributed by atoms with Crippen LogP contribution in [-0.4, -0.2) is 82.9 Å². The molecule has 3 aliphatic heterocycles. The van der Waals surface area contributed by atoms with Crippen LogP contribution in [0.1, 0.15) is 37.3 Å². The lowest BCUT2D eigenvalue weighted by Crippen LogP contribution is -2.57. The lowest BCUT2D eigenvalue weighted by Gasteiger charge is -2.41. The fourth-order valence-corrected chi connectivity index (χ4v) is 7.93. The van der Waals surface area contributed by atoms with E-state index >= 15 is 0 Å². The van der Waals surface area contributed by atoms with Crippen LogP contribution in [0.25, 0.3) is 28.0 Å². The van der Waals surface area contributed by atoms with E-state index in [9.17, 15) is 13.2 Å². The molecule has 3 saturated heterocycles. The van der Waals surface area contributed by atoms with Crippen LogP contribution in [0.15, 0.2) is 59.8 Å². The minimum atomic E-state index is -3.73. The van der Waals surface area contributed by atoms with Gasteiger partial charge in [-0.25, -0.2) is 13.4 Å². The first-order chi connectivity index (χ1) is 20.3. The topological polar surface area (TPSA) is 145 Å². The number of benzene rings is 1. The van der Waals surface area contributed by atoms with Crippen molar-refractivity contribution in [3.8, 4) is 22.4 Å². The summed E-state index contributed by atoms with van der Waals surface area (Å²) in [5, 5.41) is 7.71. The number of ether oxygens (including phenoxy) is 1. The predicted molar refractivity (Wildman–Crippen MR) is 157 cm³/mol. The van der Waals surface area contributed by atoms with Gasteiger partial charge >= 0.3 is 0 Å². The fourth-order valence-electron chi connectivity index (χ4n) is 6.88. The van der Waals surface area contributed by atoms with Crippen LogP contribution in [0.4, 0.5) is 5.82 Å². The van der Waals surface area contributed by atoms with Gasteiger partial charge in [0.2, 0.25) is 5.91 Å². The molecule has 0 radical (unpaired) electrons. The molecule has 3 fully saturated rings. The Morgan fingerprint density at radius 3 is 2.45 bits per heavy atom. The Morgan fingerprint density at radius 1 is 1.05 bits per heavy atom. The van der Waals surface area contributed by atoms with E-state index in [1.54, 1.807) is 12.4 Å². The fraction of sp³-hybridized carbons (Fsp3) is 0.400. The maximum atomic E-state index is 13.4. The number of rotatable bonds is 5. The van der Waals surface area contributed by atoms with Crippen LogP contribution in [-0.2, 0) is 19.4 Å². The molecule has 6 heterocycles. The summed E-state index contributed by atoms with van der Waals surface area (Å²) >= 11 is 0. The number of nitrogens with one attached hydrogen (secondary N) is 1. The second-order valence-corrected chi connectivity index (χ2v) is 13.4. The molecule has 3 aromatic heterocycles. The van der Waals surface area contributed by atoms with Gasteiger partial charge in [-0.15, -0.1) is 0 Å². The van der Waals surface area contributed by atoms with Gasteiger partial charge in [0.05, 0.1) is 30.8 Å². The predicted octanol–water partition coefficient (Wildman–Crippen LogP) is 2.67. The van der Waals surface area contributed by atoms with Crippen molar-refractivity contribution < 1.29 is 17.9 Å². The molecule has 4 aromatic rings. The molecule has 0 spiro atoms. The summed E-state index contributed by atoms with van der Waals surface area (Å²) in [5.41, 5.74) is 10.9. The summed E-state index contributed by atoms with van der Waals surface area (Å²) in [6.45, 7) is 1.63. The zero-order valence-corrected chi connectivity index (χ0v) is 24.1. The van der Waals surface area contributed by atoms with Crippen molar-refractivity contribution in [2.24, 2.45) is 0 Å². The van der Waals surface area contributed by atoms with Gasteiger partial charge in [-0.05, 0) is 31.7 Å². The summed E-state index contributed by atoms with van der Waals surface area (Å²) < 4.78 is 33.2. The Morgan fingerprint density at radius 2 is 1.81 bits per heavy atom. The van der Waals surface area contributed by atoms with E-state index in [2.05, 4.69) is 15.4 Å². The molecule has 218 valence electrons. The van der Waals surface area contributed by atoms with E-state index in [0.717, 1.165) is 35.9 Å². The van der Waals surface area contributed by atoms with Crippen molar-refractivity contribution >= 4 is 27.2 Å². The SMILES string of the molecule is CS(=O)(=O)c1c(C2CC3CC[C@@H](C2)N3C(=O)[C@@H]2COCCN2)nc2c(-c3ccc(-c4ccccc4)nc3)cnn2c1N. The van der Waals surface area contributed by atoms with Crippen molar-refractivity contribution in [3.63, 3.8) is 0 Å². The van der Waals surface area contributed by atoms with Crippen LogP contribution < -0.4 is 11.1 Å². The van der Waals surface area contributed by atoms with Gasteiger partial charge in [0, 0.05) is 53.7 Å². The Labute approximate surface area is 244 Å². The number of hydrogen-bond donors (Lipinski definition) is 2. The summed E-state index contributed by atoms with van der Waals surface area (Å²) in [5.74, 6) is -0.0519. The zero-order chi connectivity index (χ0) is 29.0. The quantitative estimate of drug-likeness (QED) is 0.360. The second kappa shape index (κ2) is 10.4. The first kappa shape index (κ1) is 27.0. The lowest BCUT2D eigenvalue weighted by molar-refractivity contribution is -0.141. The molecule has 12 heteroatoms. The van der Waals surface area contributed by atoms with Crippen LogP contribution in [0.2, 0.25) is 0 Å². The van der Waals surface area contributed by atoms with Gasteiger partial charge in [-0.2, -0.15) is 9.61 Å². The molecule has 0 aliphatic carbocycles. The molecule has 1 aromatic carbocycles. The largest absolute Gasteiger partial charge is 0.382 e. The first-order valence-corrected chi connectivity index (χ1v) is 16.2. The van der Waals surface area contributed by atoms with Gasteiger partial charge in [-0.3, -0.25) is 9.78 Å². The summed E-state index contributed by atoms with van der Waals surface area (Å²) in [4.78, 5) is 25.1. The van der Waals surface area contributed by atoms with Crippen LogP contribution in [0.5, 0.6) is 0 Å². The highest BCUT2D eigenvalue weighted by Crippen LogP contribution is 2.45. The molecule has 0 saturated carbocycles. The van der Waals surface area contributed by atoms with E-state index in [0.29, 0.717) is 49.5 Å². The average Bonchev–Trinajstić information content (AvgIpc) is 3.55.